The van der Waals surface area contributed by atoms with Crippen LogP contribution in [0.5, 0.6) is 0 Å². The first-order chi connectivity index (χ1) is 17.2. The molecule has 0 spiro atoms. The summed E-state index contributed by atoms with van der Waals surface area (Å²) in [4.78, 5) is 25.0. The van der Waals surface area contributed by atoms with Gasteiger partial charge in [0.2, 0.25) is 0 Å². The van der Waals surface area contributed by atoms with Crippen molar-refractivity contribution in [3.63, 3.8) is 0 Å². The van der Waals surface area contributed by atoms with Crippen LogP contribution in [-0.2, 0) is 4.74 Å². The van der Waals surface area contributed by atoms with Crippen LogP contribution in [0.3, 0.4) is 0 Å². The number of rotatable bonds is 14. The summed E-state index contributed by atoms with van der Waals surface area (Å²) in [5.74, 6) is 11.3. The second-order valence-corrected chi connectivity index (χ2v) is 8.21. The average molecular weight is 470 g/mol. The SMILES string of the molecule is C=CCCC#CC#CCCCCCCC[C@@H](CNC(=O)c1ccccc1)OC(=O)c1ccccc1. The molecule has 35 heavy (non-hydrogen) atoms. The minimum absolute atomic E-state index is 0.169. The van der Waals surface area contributed by atoms with E-state index < -0.39 is 0 Å². The summed E-state index contributed by atoms with van der Waals surface area (Å²) >= 11 is 0. The monoisotopic (exact) mass is 469 g/mol. The second-order valence-electron chi connectivity index (χ2n) is 8.21. The van der Waals surface area contributed by atoms with Crippen LogP contribution in [0.2, 0.25) is 0 Å². The molecule has 2 aromatic rings. The summed E-state index contributed by atoms with van der Waals surface area (Å²) in [6, 6.07) is 18.0. The van der Waals surface area contributed by atoms with Gasteiger partial charge in [-0.05, 0) is 61.8 Å². The van der Waals surface area contributed by atoms with Crippen LogP contribution < -0.4 is 5.32 Å². The van der Waals surface area contributed by atoms with Gasteiger partial charge in [-0.3, -0.25) is 4.79 Å². The zero-order valence-corrected chi connectivity index (χ0v) is 20.4. The van der Waals surface area contributed by atoms with Gasteiger partial charge in [-0.15, -0.1) is 6.58 Å². The van der Waals surface area contributed by atoms with E-state index in [0.717, 1.165) is 51.4 Å². The Labute approximate surface area is 210 Å². The van der Waals surface area contributed by atoms with Crippen LogP contribution in [0, 0.1) is 23.7 Å². The van der Waals surface area contributed by atoms with Gasteiger partial charge in [-0.25, -0.2) is 4.79 Å². The van der Waals surface area contributed by atoms with E-state index in [1.165, 1.54) is 0 Å². The number of carbonyl (C=O) groups excluding carboxylic acids is 2. The van der Waals surface area contributed by atoms with Crippen molar-refractivity contribution >= 4 is 11.9 Å². The molecule has 1 N–H and O–H groups in total. The maximum atomic E-state index is 12.5. The van der Waals surface area contributed by atoms with Gasteiger partial charge in [-0.2, -0.15) is 0 Å². The van der Waals surface area contributed by atoms with Crippen LogP contribution in [0.15, 0.2) is 73.3 Å². The molecule has 4 heteroatoms. The standard InChI is InChI=1S/C31H35NO3/c1-2-3-4-5-6-7-8-9-10-11-12-13-20-25-29(35-31(34)28-23-18-15-19-24-28)26-32-30(33)27-21-16-14-17-22-27/h2,14-19,21-24,29H,1,3-4,9-13,20,25-26H2,(H,32,33)/t29-/m0/s1. The number of nitrogens with one attached hydrogen (secondary N) is 1. The van der Waals surface area contributed by atoms with Gasteiger partial charge < -0.3 is 10.1 Å². The van der Waals surface area contributed by atoms with Crippen molar-refractivity contribution < 1.29 is 14.3 Å². The summed E-state index contributed by atoms with van der Waals surface area (Å²) in [5.41, 5.74) is 1.10. The predicted octanol–water partition coefficient (Wildman–Crippen LogP) is 6.35. The normalized spacial score (nSPS) is 10.6. The topological polar surface area (TPSA) is 55.4 Å². The Morgan fingerprint density at radius 2 is 1.43 bits per heavy atom. The van der Waals surface area contributed by atoms with Gasteiger partial charge in [0.05, 0.1) is 12.1 Å². The van der Waals surface area contributed by atoms with E-state index in [9.17, 15) is 9.59 Å². The zero-order valence-electron chi connectivity index (χ0n) is 20.4. The summed E-state index contributed by atoms with van der Waals surface area (Å²) < 4.78 is 5.74. The summed E-state index contributed by atoms with van der Waals surface area (Å²) in [6.07, 6.45) is 10.00. The Hall–Kier alpha value is -3.76. The lowest BCUT2D eigenvalue weighted by atomic mass is 10.1. The number of hydrogen-bond donors (Lipinski definition) is 1. The molecule has 4 nitrogen and oxygen atoms in total. The van der Waals surface area contributed by atoms with Crippen molar-refractivity contribution in [1.82, 2.24) is 5.32 Å². The minimum atomic E-state index is -0.374. The van der Waals surface area contributed by atoms with Gasteiger partial charge in [0.15, 0.2) is 0 Å². The summed E-state index contributed by atoms with van der Waals surface area (Å²) in [6.45, 7) is 3.96. The Kier molecular flexibility index (Phi) is 13.9. The highest BCUT2D eigenvalue weighted by molar-refractivity contribution is 5.94. The molecule has 0 aromatic heterocycles. The van der Waals surface area contributed by atoms with Crippen molar-refractivity contribution in [2.45, 2.75) is 63.9 Å². The molecule has 2 aromatic carbocycles. The fourth-order valence-corrected chi connectivity index (χ4v) is 3.40. The molecule has 0 aliphatic rings. The van der Waals surface area contributed by atoms with Crippen molar-refractivity contribution in [1.29, 1.82) is 0 Å². The Morgan fingerprint density at radius 1 is 0.829 bits per heavy atom. The Bertz CT molecular complexity index is 1020. The highest BCUT2D eigenvalue weighted by atomic mass is 16.5. The molecule has 2 rings (SSSR count). The lowest BCUT2D eigenvalue weighted by molar-refractivity contribution is 0.0273. The number of esters is 1. The largest absolute Gasteiger partial charge is 0.457 e. The Morgan fingerprint density at radius 3 is 2.11 bits per heavy atom. The number of benzene rings is 2. The van der Waals surface area contributed by atoms with Gasteiger partial charge in [0.1, 0.15) is 6.10 Å². The van der Waals surface area contributed by atoms with E-state index in [2.05, 4.69) is 35.6 Å². The molecule has 0 saturated carbocycles. The minimum Gasteiger partial charge on any atom is -0.457 e. The fraction of sp³-hybridized carbons (Fsp3) is 0.355. The quantitative estimate of drug-likeness (QED) is 0.152. The van der Waals surface area contributed by atoms with Crippen molar-refractivity contribution in [3.8, 4) is 23.7 Å². The third kappa shape index (κ3) is 12.3. The molecule has 0 bridgehead atoms. The van der Waals surface area contributed by atoms with Gasteiger partial charge >= 0.3 is 5.97 Å². The number of carbonyl (C=O) groups is 2. The second kappa shape index (κ2) is 17.7. The van der Waals surface area contributed by atoms with E-state index in [1.54, 1.807) is 24.3 Å². The Balaban J connectivity index is 1.73. The third-order valence-electron chi connectivity index (χ3n) is 5.35. The number of hydrogen-bond acceptors (Lipinski definition) is 3. The first-order valence-electron chi connectivity index (χ1n) is 12.4. The maximum Gasteiger partial charge on any atom is 0.338 e. The number of allylic oxidation sites excluding steroid dienone is 1. The average Bonchev–Trinajstić information content (AvgIpc) is 2.90. The van der Waals surface area contributed by atoms with Crippen LogP contribution in [0.4, 0.5) is 0 Å². The van der Waals surface area contributed by atoms with Crippen LogP contribution in [-0.4, -0.2) is 24.5 Å². The highest BCUT2D eigenvalue weighted by Crippen LogP contribution is 2.13. The van der Waals surface area contributed by atoms with E-state index in [4.69, 9.17) is 4.74 Å². The molecule has 0 heterocycles. The smallest absolute Gasteiger partial charge is 0.338 e. The molecule has 1 atom stereocenters. The number of ether oxygens (including phenoxy) is 1. The number of unbranched alkanes of at least 4 members (excludes halogenated alkanes) is 6. The molecule has 182 valence electrons. The fourth-order valence-electron chi connectivity index (χ4n) is 3.40. The van der Waals surface area contributed by atoms with Crippen molar-refractivity contribution in [3.05, 3.63) is 84.4 Å². The first kappa shape index (κ1) is 27.5. The molecule has 1 amide bonds. The van der Waals surface area contributed by atoms with Gasteiger partial charge in [0, 0.05) is 18.4 Å². The molecule has 0 aliphatic carbocycles. The van der Waals surface area contributed by atoms with E-state index in [0.29, 0.717) is 17.5 Å². The lowest BCUT2D eigenvalue weighted by Gasteiger charge is -2.19. The molecule has 0 saturated heterocycles. The first-order valence-corrected chi connectivity index (χ1v) is 12.4. The third-order valence-corrected chi connectivity index (χ3v) is 5.35. The zero-order chi connectivity index (χ0) is 25.0. The molecule has 0 radical (unpaired) electrons. The lowest BCUT2D eigenvalue weighted by Crippen LogP contribution is -2.35. The molecular formula is C31H35NO3. The predicted molar refractivity (Wildman–Crippen MR) is 142 cm³/mol. The van der Waals surface area contributed by atoms with E-state index >= 15 is 0 Å². The van der Waals surface area contributed by atoms with Crippen molar-refractivity contribution in [2.24, 2.45) is 0 Å². The molecule has 0 aliphatic heterocycles. The van der Waals surface area contributed by atoms with Crippen LogP contribution >= 0.6 is 0 Å². The van der Waals surface area contributed by atoms with Crippen LogP contribution in [0.1, 0.15) is 78.5 Å². The van der Waals surface area contributed by atoms with Gasteiger partial charge in [0.25, 0.3) is 5.91 Å². The van der Waals surface area contributed by atoms with Crippen molar-refractivity contribution in [2.75, 3.05) is 6.54 Å². The number of amides is 1. The van der Waals surface area contributed by atoms with E-state index in [-0.39, 0.29) is 24.5 Å². The molecule has 0 fully saturated rings. The van der Waals surface area contributed by atoms with E-state index in [1.807, 2.05) is 42.5 Å². The van der Waals surface area contributed by atoms with Crippen LogP contribution in [0.25, 0.3) is 0 Å². The summed E-state index contributed by atoms with van der Waals surface area (Å²) in [5, 5.41) is 2.91. The summed E-state index contributed by atoms with van der Waals surface area (Å²) in [7, 11) is 0. The maximum absolute atomic E-state index is 12.5. The molecular weight excluding hydrogens is 434 g/mol. The molecule has 0 unspecified atom stereocenters. The van der Waals surface area contributed by atoms with Gasteiger partial charge in [-0.1, -0.05) is 73.6 Å². The highest BCUT2D eigenvalue weighted by Gasteiger charge is 2.17.